The van der Waals surface area contributed by atoms with Gasteiger partial charge in [0, 0.05) is 18.7 Å². The van der Waals surface area contributed by atoms with Gasteiger partial charge in [0.25, 0.3) is 0 Å². The molecule has 1 unspecified atom stereocenters. The average Bonchev–Trinajstić information content (AvgIpc) is 2.77. The molecular weight excluding hydrogens is 280 g/mol. The van der Waals surface area contributed by atoms with Crippen LogP contribution < -0.4 is 4.72 Å². The van der Waals surface area contributed by atoms with Gasteiger partial charge < -0.3 is 14.4 Å². The number of sulfonamides is 1. The third-order valence-corrected chi connectivity index (χ3v) is 4.85. The van der Waals surface area contributed by atoms with E-state index in [1.54, 1.807) is 6.92 Å². The van der Waals surface area contributed by atoms with Crippen molar-refractivity contribution < 1.29 is 17.9 Å². The first-order chi connectivity index (χ1) is 9.33. The van der Waals surface area contributed by atoms with Crippen molar-refractivity contribution in [1.82, 2.24) is 9.62 Å². The summed E-state index contributed by atoms with van der Waals surface area (Å²) in [6.07, 6.45) is 0. The number of nitrogens with zero attached hydrogens (tertiary/aromatic N) is 1. The highest BCUT2D eigenvalue weighted by Gasteiger charge is 2.23. The van der Waals surface area contributed by atoms with Crippen LogP contribution in [0.15, 0.2) is 15.4 Å². The highest BCUT2D eigenvalue weighted by Crippen LogP contribution is 2.20. The molecule has 116 valence electrons. The molecule has 1 atom stereocenters. The van der Waals surface area contributed by atoms with E-state index in [1.807, 2.05) is 20.8 Å². The van der Waals surface area contributed by atoms with Crippen LogP contribution in [0.4, 0.5) is 0 Å². The molecule has 0 aliphatic carbocycles. The van der Waals surface area contributed by atoms with Crippen LogP contribution in [0.2, 0.25) is 0 Å². The Balaban J connectivity index is 2.81. The molecule has 1 aromatic heterocycles. The molecule has 1 heterocycles. The largest absolute Gasteiger partial charge is 0.462 e. The fraction of sp³-hybridized carbons (Fsp3) is 0.692. The Bertz CT molecular complexity index is 520. The van der Waals surface area contributed by atoms with E-state index in [-0.39, 0.29) is 29.1 Å². The molecule has 0 amide bonds. The van der Waals surface area contributed by atoms with Gasteiger partial charge in [0.1, 0.15) is 23.0 Å². The number of aliphatic hydroxyl groups excluding tert-OH is 1. The first-order valence-electron chi connectivity index (χ1n) is 6.78. The molecule has 0 saturated carbocycles. The summed E-state index contributed by atoms with van der Waals surface area (Å²) in [5, 5.41) is 8.99. The average molecular weight is 304 g/mol. The third kappa shape index (κ3) is 4.31. The lowest BCUT2D eigenvalue weighted by atomic mass is 10.3. The van der Waals surface area contributed by atoms with Crippen molar-refractivity contribution in [3.8, 4) is 0 Å². The van der Waals surface area contributed by atoms with E-state index in [0.717, 1.165) is 13.1 Å². The lowest BCUT2D eigenvalue weighted by Crippen LogP contribution is -2.41. The van der Waals surface area contributed by atoms with Gasteiger partial charge in [0.15, 0.2) is 0 Å². The quantitative estimate of drug-likeness (QED) is 0.751. The zero-order valence-corrected chi connectivity index (χ0v) is 13.3. The first kappa shape index (κ1) is 17.2. The number of hydrogen-bond acceptors (Lipinski definition) is 5. The van der Waals surface area contributed by atoms with Crippen molar-refractivity contribution in [1.29, 1.82) is 0 Å². The second kappa shape index (κ2) is 7.21. The maximum absolute atomic E-state index is 12.3. The predicted octanol–water partition coefficient (Wildman–Crippen LogP) is 1.09. The van der Waals surface area contributed by atoms with E-state index in [0.29, 0.717) is 6.54 Å². The number of aliphatic hydroxyl groups is 1. The van der Waals surface area contributed by atoms with Crippen LogP contribution in [0.3, 0.4) is 0 Å². The Kier molecular flexibility index (Phi) is 6.19. The van der Waals surface area contributed by atoms with Crippen LogP contribution in [0.5, 0.6) is 0 Å². The summed E-state index contributed by atoms with van der Waals surface area (Å²) in [6, 6.07) is 1.16. The fourth-order valence-electron chi connectivity index (χ4n) is 2.10. The Morgan fingerprint density at radius 3 is 2.45 bits per heavy atom. The number of likely N-dealkylation sites (N-methyl/N-ethyl adjacent to an activating group) is 1. The van der Waals surface area contributed by atoms with Crippen LogP contribution in [0, 0.1) is 6.92 Å². The van der Waals surface area contributed by atoms with E-state index in [2.05, 4.69) is 9.62 Å². The number of nitrogens with one attached hydrogen (secondary N) is 1. The number of hydrogen-bond donors (Lipinski definition) is 2. The second-order valence-corrected chi connectivity index (χ2v) is 6.48. The summed E-state index contributed by atoms with van der Waals surface area (Å²) >= 11 is 0. The van der Waals surface area contributed by atoms with E-state index in [9.17, 15) is 8.42 Å². The summed E-state index contributed by atoms with van der Waals surface area (Å²) in [7, 11) is -3.62. The molecule has 0 bridgehead atoms. The van der Waals surface area contributed by atoms with Crippen molar-refractivity contribution in [2.75, 3.05) is 19.6 Å². The van der Waals surface area contributed by atoms with Crippen molar-refractivity contribution in [2.24, 2.45) is 0 Å². The van der Waals surface area contributed by atoms with Gasteiger partial charge in [-0.1, -0.05) is 13.8 Å². The highest BCUT2D eigenvalue weighted by molar-refractivity contribution is 7.89. The lowest BCUT2D eigenvalue weighted by molar-refractivity contribution is 0.244. The molecule has 20 heavy (non-hydrogen) atoms. The van der Waals surface area contributed by atoms with Gasteiger partial charge in [-0.3, -0.25) is 0 Å². The Morgan fingerprint density at radius 1 is 1.40 bits per heavy atom. The number of furan rings is 1. The molecule has 7 heteroatoms. The van der Waals surface area contributed by atoms with E-state index < -0.39 is 10.0 Å². The zero-order valence-electron chi connectivity index (χ0n) is 12.5. The summed E-state index contributed by atoms with van der Waals surface area (Å²) in [6.45, 7) is 9.57. The van der Waals surface area contributed by atoms with Gasteiger partial charge in [-0.05, 0) is 26.9 Å². The minimum absolute atomic E-state index is 0.0907. The molecule has 6 nitrogen and oxygen atoms in total. The van der Waals surface area contributed by atoms with Crippen LogP contribution in [-0.2, 0) is 16.6 Å². The molecule has 2 N–H and O–H groups in total. The van der Waals surface area contributed by atoms with Crippen LogP contribution in [-0.4, -0.2) is 44.1 Å². The van der Waals surface area contributed by atoms with E-state index in [4.69, 9.17) is 9.52 Å². The molecule has 0 radical (unpaired) electrons. The maximum atomic E-state index is 12.3. The van der Waals surface area contributed by atoms with Crippen molar-refractivity contribution in [3.63, 3.8) is 0 Å². The van der Waals surface area contributed by atoms with Gasteiger partial charge >= 0.3 is 0 Å². The molecule has 0 aromatic carbocycles. The molecule has 1 rings (SSSR count). The molecule has 0 fully saturated rings. The SMILES string of the molecule is CCN(CC)CC(C)NS(=O)(=O)c1cc(CO)oc1C. The second-order valence-electron chi connectivity index (χ2n) is 4.80. The van der Waals surface area contributed by atoms with Gasteiger partial charge in [0.2, 0.25) is 10.0 Å². The maximum Gasteiger partial charge on any atom is 0.244 e. The van der Waals surface area contributed by atoms with Gasteiger partial charge in [-0.2, -0.15) is 0 Å². The summed E-state index contributed by atoms with van der Waals surface area (Å²) < 4.78 is 32.4. The normalized spacial score (nSPS) is 13.9. The van der Waals surface area contributed by atoms with Gasteiger partial charge in [-0.15, -0.1) is 0 Å². The molecule has 0 saturated heterocycles. The molecule has 0 spiro atoms. The monoisotopic (exact) mass is 304 g/mol. The van der Waals surface area contributed by atoms with Crippen LogP contribution >= 0.6 is 0 Å². The Morgan fingerprint density at radius 2 is 2.00 bits per heavy atom. The zero-order chi connectivity index (χ0) is 15.3. The molecule has 1 aromatic rings. The first-order valence-corrected chi connectivity index (χ1v) is 8.27. The summed E-state index contributed by atoms with van der Waals surface area (Å²) in [4.78, 5) is 2.24. The van der Waals surface area contributed by atoms with Gasteiger partial charge in [-0.25, -0.2) is 13.1 Å². The van der Waals surface area contributed by atoms with E-state index in [1.165, 1.54) is 6.07 Å². The predicted molar refractivity (Wildman–Crippen MR) is 76.9 cm³/mol. The molecule has 0 aliphatic rings. The summed E-state index contributed by atoms with van der Waals surface area (Å²) in [5.74, 6) is 0.538. The van der Waals surface area contributed by atoms with Crippen molar-refractivity contribution >= 4 is 10.0 Å². The lowest BCUT2D eigenvalue weighted by Gasteiger charge is -2.23. The van der Waals surface area contributed by atoms with E-state index >= 15 is 0 Å². The minimum atomic E-state index is -3.62. The van der Waals surface area contributed by atoms with Crippen LogP contribution in [0.25, 0.3) is 0 Å². The number of rotatable bonds is 8. The van der Waals surface area contributed by atoms with Crippen molar-refractivity contribution in [3.05, 3.63) is 17.6 Å². The third-order valence-electron chi connectivity index (χ3n) is 3.15. The Labute approximate surface area is 120 Å². The smallest absolute Gasteiger partial charge is 0.244 e. The fourth-order valence-corrected chi connectivity index (χ4v) is 3.54. The highest BCUT2D eigenvalue weighted by atomic mass is 32.2. The van der Waals surface area contributed by atoms with Crippen LogP contribution in [0.1, 0.15) is 32.3 Å². The standard InChI is InChI=1S/C13H24N2O4S/c1-5-15(6-2)8-10(3)14-20(17,18)13-7-12(9-16)19-11(13)4/h7,10,14,16H,5-6,8-9H2,1-4H3. The Hall–Kier alpha value is -0.890. The van der Waals surface area contributed by atoms with Crippen molar-refractivity contribution in [2.45, 2.75) is 45.2 Å². The minimum Gasteiger partial charge on any atom is -0.462 e. The molecular formula is C13H24N2O4S. The summed E-state index contributed by atoms with van der Waals surface area (Å²) in [5.41, 5.74) is 0. The number of aryl methyl sites for hydroxylation is 1. The molecule has 0 aliphatic heterocycles. The topological polar surface area (TPSA) is 82.8 Å². The van der Waals surface area contributed by atoms with Gasteiger partial charge in [0.05, 0.1) is 0 Å².